The van der Waals surface area contributed by atoms with Crippen molar-refractivity contribution in [2.24, 2.45) is 0 Å². The van der Waals surface area contributed by atoms with E-state index in [1.807, 2.05) is 0 Å². The van der Waals surface area contributed by atoms with Gasteiger partial charge in [0.05, 0.1) is 0 Å². The van der Waals surface area contributed by atoms with E-state index in [4.69, 9.17) is 9.47 Å². The van der Waals surface area contributed by atoms with Crippen molar-refractivity contribution in [1.82, 2.24) is 5.32 Å². The molecule has 1 fully saturated rings. The molecule has 0 aromatic heterocycles. The smallest absolute Gasteiger partial charge is 0.161 e. The molecule has 1 aliphatic heterocycles. The Morgan fingerprint density at radius 1 is 1.17 bits per heavy atom. The summed E-state index contributed by atoms with van der Waals surface area (Å²) in [6, 6.07) is 7.11. The first-order chi connectivity index (χ1) is 8.86. The van der Waals surface area contributed by atoms with E-state index in [9.17, 15) is 0 Å². The lowest BCUT2D eigenvalue weighted by Gasteiger charge is -2.36. The Morgan fingerprint density at radius 2 is 1.94 bits per heavy atom. The molecule has 1 aromatic carbocycles. The van der Waals surface area contributed by atoms with Crippen molar-refractivity contribution >= 4 is 0 Å². The van der Waals surface area contributed by atoms with E-state index < -0.39 is 0 Å². The van der Waals surface area contributed by atoms with Crippen molar-refractivity contribution in [2.45, 2.75) is 38.1 Å². The molecule has 98 valence electrons. The van der Waals surface area contributed by atoms with Crippen LogP contribution in [-0.2, 0) is 0 Å². The lowest BCUT2D eigenvalue weighted by Crippen LogP contribution is -2.40. The zero-order chi connectivity index (χ0) is 12.4. The number of ether oxygens (including phenoxy) is 2. The zero-order valence-corrected chi connectivity index (χ0v) is 10.9. The maximum atomic E-state index is 5.63. The Labute approximate surface area is 108 Å². The lowest BCUT2D eigenvalue weighted by molar-refractivity contribution is 0.171. The molecule has 1 aromatic rings. The van der Waals surface area contributed by atoms with Gasteiger partial charge in [0, 0.05) is 6.04 Å². The van der Waals surface area contributed by atoms with Crippen LogP contribution in [0.1, 0.15) is 37.7 Å². The Hall–Kier alpha value is -1.22. The van der Waals surface area contributed by atoms with Gasteiger partial charge in [-0.15, -0.1) is 0 Å². The van der Waals surface area contributed by atoms with Gasteiger partial charge in [0.25, 0.3) is 0 Å². The second-order valence-corrected chi connectivity index (χ2v) is 5.22. The number of benzene rings is 1. The summed E-state index contributed by atoms with van der Waals surface area (Å²) in [5, 5.41) is 3.57. The average molecular weight is 247 g/mol. The summed E-state index contributed by atoms with van der Waals surface area (Å²) >= 11 is 0. The molecule has 1 saturated carbocycles. The maximum Gasteiger partial charge on any atom is 0.161 e. The fourth-order valence-corrected chi connectivity index (χ4v) is 2.72. The normalized spacial score (nSPS) is 25.6. The van der Waals surface area contributed by atoms with Crippen molar-refractivity contribution in [3.05, 3.63) is 23.8 Å². The Kier molecular flexibility index (Phi) is 3.41. The van der Waals surface area contributed by atoms with Gasteiger partial charge in [0.2, 0.25) is 0 Å². The van der Waals surface area contributed by atoms with Crippen molar-refractivity contribution in [1.29, 1.82) is 0 Å². The molecule has 0 amide bonds. The van der Waals surface area contributed by atoms with Gasteiger partial charge in [0.15, 0.2) is 11.5 Å². The van der Waals surface area contributed by atoms with E-state index in [1.54, 1.807) is 0 Å². The Balaban J connectivity index is 1.61. The van der Waals surface area contributed by atoms with Crippen molar-refractivity contribution < 1.29 is 9.47 Å². The van der Waals surface area contributed by atoms with Gasteiger partial charge < -0.3 is 14.8 Å². The van der Waals surface area contributed by atoms with Crippen LogP contribution < -0.4 is 14.8 Å². The third kappa shape index (κ3) is 2.32. The zero-order valence-electron chi connectivity index (χ0n) is 10.9. The molecule has 1 N–H and O–H groups in total. The largest absolute Gasteiger partial charge is 0.486 e. The van der Waals surface area contributed by atoms with E-state index in [0.29, 0.717) is 25.2 Å². The minimum absolute atomic E-state index is 0.665. The monoisotopic (exact) mass is 247 g/mol. The van der Waals surface area contributed by atoms with E-state index in [0.717, 1.165) is 18.0 Å². The van der Waals surface area contributed by atoms with Crippen molar-refractivity contribution in [3.63, 3.8) is 0 Å². The van der Waals surface area contributed by atoms with Gasteiger partial charge in [-0.3, -0.25) is 0 Å². The number of hydrogen-bond acceptors (Lipinski definition) is 3. The van der Waals surface area contributed by atoms with Crippen LogP contribution in [0.4, 0.5) is 0 Å². The minimum atomic E-state index is 0.665. The second kappa shape index (κ2) is 5.19. The highest BCUT2D eigenvalue weighted by atomic mass is 16.6. The molecule has 2 aliphatic rings. The molecule has 0 bridgehead atoms. The van der Waals surface area contributed by atoms with Crippen LogP contribution in [0.15, 0.2) is 18.2 Å². The quantitative estimate of drug-likeness (QED) is 0.887. The highest BCUT2D eigenvalue weighted by molar-refractivity contribution is 5.45. The summed E-state index contributed by atoms with van der Waals surface area (Å²) in [4.78, 5) is 0. The molecule has 3 heteroatoms. The van der Waals surface area contributed by atoms with Crippen LogP contribution >= 0.6 is 0 Å². The molecule has 0 atom stereocenters. The molecular formula is C15H21NO2. The second-order valence-electron chi connectivity index (χ2n) is 5.22. The molecular weight excluding hydrogens is 226 g/mol. The summed E-state index contributed by atoms with van der Waals surface area (Å²) in [5.41, 5.74) is 1.40. The fourth-order valence-electron chi connectivity index (χ4n) is 2.72. The summed E-state index contributed by atoms with van der Waals surface area (Å²) in [6.07, 6.45) is 3.71. The average Bonchev–Trinajstić information content (AvgIpc) is 2.37. The van der Waals surface area contributed by atoms with Crippen LogP contribution in [0.3, 0.4) is 0 Å². The highest BCUT2D eigenvalue weighted by Crippen LogP contribution is 2.40. The number of fused-ring (bicyclic) bond motifs is 1. The maximum absolute atomic E-state index is 5.63. The predicted octanol–water partition coefficient (Wildman–Crippen LogP) is 2.70. The van der Waals surface area contributed by atoms with Crippen molar-refractivity contribution in [2.75, 3.05) is 19.8 Å². The first kappa shape index (κ1) is 11.8. The molecule has 3 nitrogen and oxygen atoms in total. The van der Waals surface area contributed by atoms with E-state index in [1.165, 1.54) is 24.8 Å². The third-order valence-electron chi connectivity index (χ3n) is 3.86. The van der Waals surface area contributed by atoms with E-state index >= 15 is 0 Å². The summed E-state index contributed by atoms with van der Waals surface area (Å²) in [6.45, 7) is 4.68. The topological polar surface area (TPSA) is 30.5 Å². The molecule has 0 spiro atoms. The minimum Gasteiger partial charge on any atom is -0.486 e. The van der Waals surface area contributed by atoms with E-state index in [-0.39, 0.29) is 0 Å². The molecule has 0 saturated heterocycles. The summed E-state index contributed by atoms with van der Waals surface area (Å²) < 4.78 is 11.2. The lowest BCUT2D eigenvalue weighted by atomic mass is 9.76. The Morgan fingerprint density at radius 3 is 2.72 bits per heavy atom. The first-order valence-electron chi connectivity index (χ1n) is 6.99. The van der Waals surface area contributed by atoms with Gasteiger partial charge in [-0.05, 0) is 49.4 Å². The van der Waals surface area contributed by atoms with Crippen LogP contribution in [0, 0.1) is 0 Å². The highest BCUT2D eigenvalue weighted by Gasteiger charge is 2.30. The van der Waals surface area contributed by atoms with Crippen LogP contribution in [0.5, 0.6) is 11.5 Å². The first-order valence-corrected chi connectivity index (χ1v) is 6.99. The van der Waals surface area contributed by atoms with Gasteiger partial charge in [-0.25, -0.2) is 0 Å². The number of rotatable bonds is 4. The molecule has 1 heterocycles. The third-order valence-corrected chi connectivity index (χ3v) is 3.86. The molecule has 0 unspecified atom stereocenters. The van der Waals surface area contributed by atoms with Crippen molar-refractivity contribution in [3.8, 4) is 11.5 Å². The molecule has 3 rings (SSSR count). The summed E-state index contributed by atoms with van der Waals surface area (Å²) in [7, 11) is 0. The van der Waals surface area contributed by atoms with Gasteiger partial charge in [-0.2, -0.15) is 0 Å². The Bertz CT molecular complexity index is 413. The molecule has 18 heavy (non-hydrogen) atoms. The van der Waals surface area contributed by atoms with Gasteiger partial charge in [0.1, 0.15) is 13.2 Å². The molecule has 1 aliphatic carbocycles. The SMILES string of the molecule is CCCNC1CC(c2ccc3c(c2)OCCO3)C1. The molecule has 0 radical (unpaired) electrons. The van der Waals surface area contributed by atoms with Crippen LogP contribution in [0.25, 0.3) is 0 Å². The summed E-state index contributed by atoms with van der Waals surface area (Å²) in [5.74, 6) is 2.50. The van der Waals surface area contributed by atoms with Gasteiger partial charge in [-0.1, -0.05) is 13.0 Å². The van der Waals surface area contributed by atoms with Crippen LogP contribution in [-0.4, -0.2) is 25.8 Å². The van der Waals surface area contributed by atoms with Crippen LogP contribution in [0.2, 0.25) is 0 Å². The fraction of sp³-hybridized carbons (Fsp3) is 0.600. The van der Waals surface area contributed by atoms with E-state index in [2.05, 4.69) is 30.4 Å². The predicted molar refractivity (Wildman–Crippen MR) is 71.5 cm³/mol. The standard InChI is InChI=1S/C15H21NO2/c1-2-5-16-13-8-12(9-13)11-3-4-14-15(10-11)18-7-6-17-14/h3-4,10,12-13,16H,2,5-9H2,1H3. The van der Waals surface area contributed by atoms with Gasteiger partial charge >= 0.3 is 0 Å². The number of nitrogens with one attached hydrogen (secondary N) is 1. The number of hydrogen-bond donors (Lipinski definition) is 1.